The molecule has 0 aromatic carbocycles. The van der Waals surface area contributed by atoms with Gasteiger partial charge < -0.3 is 15.7 Å². The third kappa shape index (κ3) is 1.74. The lowest BCUT2D eigenvalue weighted by atomic mass is 9.59. The molecule has 4 rings (SSSR count). The smallest absolute Gasteiger partial charge is 0.0981 e. The van der Waals surface area contributed by atoms with E-state index in [1.165, 1.54) is 25.9 Å². The second kappa shape index (κ2) is 3.94. The van der Waals surface area contributed by atoms with Crippen molar-refractivity contribution in [2.75, 3.05) is 19.6 Å². The lowest BCUT2D eigenvalue weighted by molar-refractivity contribution is -0.166. The van der Waals surface area contributed by atoms with E-state index in [-0.39, 0.29) is 5.54 Å². The van der Waals surface area contributed by atoms with Crippen LogP contribution in [0.25, 0.3) is 0 Å². The average Bonchev–Trinajstić information content (AvgIpc) is 2.29. The molecule has 98 valence electrons. The quantitative estimate of drug-likeness (QED) is 0.725. The minimum absolute atomic E-state index is 0.325. The van der Waals surface area contributed by atoms with Gasteiger partial charge in [-0.25, -0.2) is 0 Å². The molecule has 4 aliphatic rings. The first kappa shape index (κ1) is 11.9. The monoisotopic (exact) mass is 238 g/mol. The van der Waals surface area contributed by atoms with Crippen molar-refractivity contribution >= 4 is 0 Å². The van der Waals surface area contributed by atoms with Crippen molar-refractivity contribution in [3.05, 3.63) is 0 Å². The Morgan fingerprint density at radius 3 is 2.47 bits per heavy atom. The van der Waals surface area contributed by atoms with E-state index in [0.717, 1.165) is 32.2 Å². The van der Waals surface area contributed by atoms with Gasteiger partial charge in [-0.3, -0.25) is 0 Å². The summed E-state index contributed by atoms with van der Waals surface area (Å²) in [5.74, 6) is 1.12. The van der Waals surface area contributed by atoms with Crippen molar-refractivity contribution in [1.29, 1.82) is 0 Å². The standard InChI is InChI=1S/C14H26N2O/c1-11-3-2-6-13(15,9-11)14(17)10-16-7-4-12(14)5-8-16/h11-12,17H,2-10,15H2,1H3. The molecule has 0 radical (unpaired) electrons. The maximum Gasteiger partial charge on any atom is 0.0981 e. The van der Waals surface area contributed by atoms with Crippen LogP contribution in [0.2, 0.25) is 0 Å². The van der Waals surface area contributed by atoms with Gasteiger partial charge in [-0.1, -0.05) is 19.8 Å². The summed E-state index contributed by atoms with van der Waals surface area (Å²) in [6, 6.07) is 0. The van der Waals surface area contributed by atoms with E-state index in [1.54, 1.807) is 0 Å². The molecule has 17 heavy (non-hydrogen) atoms. The Balaban J connectivity index is 1.86. The minimum atomic E-state index is -0.613. The van der Waals surface area contributed by atoms with Gasteiger partial charge in [0.1, 0.15) is 0 Å². The first-order valence-electron chi connectivity index (χ1n) is 7.27. The first-order valence-corrected chi connectivity index (χ1v) is 7.27. The van der Waals surface area contributed by atoms with Crippen molar-refractivity contribution in [2.24, 2.45) is 17.6 Å². The zero-order valence-electron chi connectivity index (χ0n) is 11.0. The summed E-state index contributed by atoms with van der Waals surface area (Å²) in [6.07, 6.45) is 6.77. The third-order valence-electron chi connectivity index (χ3n) is 5.62. The number of hydrogen-bond donors (Lipinski definition) is 2. The van der Waals surface area contributed by atoms with Crippen LogP contribution < -0.4 is 5.73 Å². The van der Waals surface area contributed by atoms with E-state index in [2.05, 4.69) is 11.8 Å². The van der Waals surface area contributed by atoms with Crippen LogP contribution in [0.1, 0.15) is 45.4 Å². The van der Waals surface area contributed by atoms with Gasteiger partial charge in [0.05, 0.1) is 5.60 Å². The largest absolute Gasteiger partial charge is 0.386 e. The minimum Gasteiger partial charge on any atom is -0.386 e. The summed E-state index contributed by atoms with van der Waals surface area (Å²) in [7, 11) is 0. The normalized spacial score (nSPS) is 54.9. The maximum atomic E-state index is 11.2. The van der Waals surface area contributed by atoms with Crippen molar-refractivity contribution in [3.8, 4) is 0 Å². The number of fused-ring (bicyclic) bond motifs is 3. The average molecular weight is 238 g/mol. The molecule has 0 aromatic rings. The number of aliphatic hydroxyl groups is 1. The van der Waals surface area contributed by atoms with Gasteiger partial charge in [0.15, 0.2) is 0 Å². The van der Waals surface area contributed by atoms with Gasteiger partial charge in [0.2, 0.25) is 0 Å². The lowest BCUT2D eigenvalue weighted by Gasteiger charge is -2.59. The molecule has 1 aliphatic carbocycles. The second-order valence-corrected chi connectivity index (χ2v) is 6.83. The highest BCUT2D eigenvalue weighted by Crippen LogP contribution is 2.47. The molecule has 3 N–H and O–H groups in total. The predicted molar refractivity (Wildman–Crippen MR) is 68.7 cm³/mol. The number of nitrogens with zero attached hydrogens (tertiary/aromatic N) is 1. The Labute approximate surface area is 104 Å². The lowest BCUT2D eigenvalue weighted by Crippen LogP contribution is -2.73. The van der Waals surface area contributed by atoms with Crippen LogP contribution in [-0.2, 0) is 0 Å². The molecule has 3 heteroatoms. The zero-order chi connectivity index (χ0) is 12.1. The highest BCUT2D eigenvalue weighted by molar-refractivity contribution is 5.13. The van der Waals surface area contributed by atoms with Crippen LogP contribution in [-0.4, -0.2) is 40.8 Å². The summed E-state index contributed by atoms with van der Waals surface area (Å²) in [4.78, 5) is 2.41. The fraction of sp³-hybridized carbons (Fsp3) is 1.00. The van der Waals surface area contributed by atoms with Gasteiger partial charge >= 0.3 is 0 Å². The molecule has 3 atom stereocenters. The molecule has 0 aromatic heterocycles. The molecular weight excluding hydrogens is 212 g/mol. The Morgan fingerprint density at radius 2 is 1.94 bits per heavy atom. The number of hydrogen-bond acceptors (Lipinski definition) is 3. The van der Waals surface area contributed by atoms with Gasteiger partial charge in [-0.15, -0.1) is 0 Å². The summed E-state index contributed by atoms with van der Waals surface area (Å²) in [5.41, 5.74) is 5.73. The van der Waals surface area contributed by atoms with Gasteiger partial charge in [-0.05, 0) is 50.6 Å². The fourth-order valence-corrected chi connectivity index (χ4v) is 4.59. The molecule has 2 bridgehead atoms. The molecule has 3 saturated heterocycles. The van der Waals surface area contributed by atoms with Crippen LogP contribution >= 0.6 is 0 Å². The van der Waals surface area contributed by atoms with Crippen LogP contribution in [0.4, 0.5) is 0 Å². The summed E-state index contributed by atoms with van der Waals surface area (Å²) < 4.78 is 0. The van der Waals surface area contributed by atoms with E-state index < -0.39 is 5.60 Å². The molecule has 3 heterocycles. The van der Waals surface area contributed by atoms with Crippen LogP contribution in [0.3, 0.4) is 0 Å². The molecule has 0 spiro atoms. The van der Waals surface area contributed by atoms with Crippen LogP contribution in [0.15, 0.2) is 0 Å². The highest BCUT2D eigenvalue weighted by atomic mass is 16.3. The molecule has 0 amide bonds. The van der Waals surface area contributed by atoms with Gasteiger partial charge in [0.25, 0.3) is 0 Å². The summed E-state index contributed by atoms with van der Waals surface area (Å²) in [6.45, 7) is 5.43. The predicted octanol–water partition coefficient (Wildman–Crippen LogP) is 1.35. The highest BCUT2D eigenvalue weighted by Gasteiger charge is 2.57. The maximum absolute atomic E-state index is 11.2. The van der Waals surface area contributed by atoms with E-state index in [1.807, 2.05) is 0 Å². The summed E-state index contributed by atoms with van der Waals surface area (Å²) in [5, 5.41) is 11.2. The van der Waals surface area contributed by atoms with Crippen LogP contribution in [0, 0.1) is 11.8 Å². The van der Waals surface area contributed by atoms with Crippen LogP contribution in [0.5, 0.6) is 0 Å². The molecule has 3 nitrogen and oxygen atoms in total. The Morgan fingerprint density at radius 1 is 1.24 bits per heavy atom. The number of nitrogens with two attached hydrogens (primary N) is 1. The van der Waals surface area contributed by atoms with Crippen molar-refractivity contribution in [1.82, 2.24) is 4.90 Å². The zero-order valence-corrected chi connectivity index (χ0v) is 11.0. The van der Waals surface area contributed by atoms with E-state index in [4.69, 9.17) is 5.73 Å². The molecule has 3 unspecified atom stereocenters. The molecule has 4 fully saturated rings. The van der Waals surface area contributed by atoms with Crippen molar-refractivity contribution < 1.29 is 5.11 Å². The van der Waals surface area contributed by atoms with Gasteiger partial charge in [-0.2, -0.15) is 0 Å². The Hall–Kier alpha value is -0.120. The SMILES string of the molecule is CC1CCCC(N)(C2(O)CN3CCC2CC3)C1. The molecule has 1 saturated carbocycles. The Kier molecular flexibility index (Phi) is 2.77. The third-order valence-corrected chi connectivity index (χ3v) is 5.62. The van der Waals surface area contributed by atoms with Gasteiger partial charge in [0, 0.05) is 12.1 Å². The van der Waals surface area contributed by atoms with E-state index >= 15 is 0 Å². The topological polar surface area (TPSA) is 49.5 Å². The summed E-state index contributed by atoms with van der Waals surface area (Å²) >= 11 is 0. The number of rotatable bonds is 1. The van der Waals surface area contributed by atoms with E-state index in [0.29, 0.717) is 11.8 Å². The van der Waals surface area contributed by atoms with Crippen molar-refractivity contribution in [3.63, 3.8) is 0 Å². The first-order chi connectivity index (χ1) is 8.03. The van der Waals surface area contributed by atoms with Crippen molar-refractivity contribution in [2.45, 2.75) is 56.6 Å². The van der Waals surface area contributed by atoms with E-state index in [9.17, 15) is 5.11 Å². The molecule has 3 aliphatic heterocycles. The number of piperidine rings is 3. The molecular formula is C14H26N2O. The Bertz CT molecular complexity index is 301. The fourth-order valence-electron chi connectivity index (χ4n) is 4.59. The second-order valence-electron chi connectivity index (χ2n) is 6.83.